The van der Waals surface area contributed by atoms with E-state index in [1.165, 1.54) is 0 Å². The number of carbonyl (C=O) groups is 1. The number of rotatable bonds is 4. The Labute approximate surface area is 159 Å². The first-order chi connectivity index (χ1) is 12.8. The molecule has 0 unspecified atom stereocenters. The van der Waals surface area contributed by atoms with Crippen LogP contribution in [-0.4, -0.2) is 16.0 Å². The van der Waals surface area contributed by atoms with E-state index < -0.39 is 11.0 Å². The van der Waals surface area contributed by atoms with Gasteiger partial charge in [0, 0.05) is 17.2 Å². The lowest BCUT2D eigenvalue weighted by molar-refractivity contribution is -0.123. The van der Waals surface area contributed by atoms with Gasteiger partial charge in [-0.25, -0.2) is 0 Å². The monoisotopic (exact) mass is 360 g/mol. The van der Waals surface area contributed by atoms with Crippen molar-refractivity contribution in [2.75, 3.05) is 5.32 Å². The number of carbonyl (C=O) groups excluding carboxylic acids is 1. The van der Waals surface area contributed by atoms with Crippen molar-refractivity contribution in [3.63, 3.8) is 0 Å². The summed E-state index contributed by atoms with van der Waals surface area (Å²) in [4.78, 5) is 16.7. The lowest BCUT2D eigenvalue weighted by Crippen LogP contribution is -2.33. The van der Waals surface area contributed by atoms with Crippen LogP contribution >= 0.6 is 0 Å². The normalized spacial score (nSPS) is 11.9. The number of aromatic nitrogens is 1. The summed E-state index contributed by atoms with van der Waals surface area (Å²) in [5.41, 5.74) is 0.513. The van der Waals surface area contributed by atoms with E-state index in [-0.39, 0.29) is 5.91 Å². The molecule has 3 rings (SSSR count). The van der Waals surface area contributed by atoms with Crippen LogP contribution in [0.5, 0.6) is 0 Å². The van der Waals surface area contributed by atoms with Crippen molar-refractivity contribution in [3.05, 3.63) is 95.8 Å². The van der Waals surface area contributed by atoms with Crippen LogP contribution in [0.4, 0.5) is 5.69 Å². The minimum Gasteiger partial charge on any atom is -0.376 e. The van der Waals surface area contributed by atoms with Crippen molar-refractivity contribution in [3.8, 4) is 0 Å². The lowest BCUT2D eigenvalue weighted by atomic mass is 9.80. The van der Waals surface area contributed by atoms with Gasteiger partial charge in [0.25, 0.3) is 0 Å². The van der Waals surface area contributed by atoms with Crippen LogP contribution in [0.25, 0.3) is 0 Å². The Morgan fingerprint density at radius 2 is 1.41 bits per heavy atom. The van der Waals surface area contributed by atoms with E-state index in [0.717, 1.165) is 0 Å². The van der Waals surface area contributed by atoms with Crippen LogP contribution in [0, 0.1) is 5.41 Å². The number of amides is 1. The quantitative estimate of drug-likeness (QED) is 0.727. The fourth-order valence-electron chi connectivity index (χ4n) is 2.96. The Morgan fingerprint density at radius 3 is 1.89 bits per heavy atom. The van der Waals surface area contributed by atoms with E-state index in [0.29, 0.717) is 22.4 Å². The molecule has 0 radical (unpaired) electrons. The molecule has 0 aliphatic carbocycles. The molecule has 4 heteroatoms. The molecule has 138 valence electrons. The molecule has 0 bridgehead atoms. The van der Waals surface area contributed by atoms with Crippen LogP contribution in [0.2, 0.25) is 0 Å². The third kappa shape index (κ3) is 3.76. The second-order valence-corrected chi connectivity index (χ2v) is 7.57. The van der Waals surface area contributed by atoms with Crippen LogP contribution in [0.1, 0.15) is 37.5 Å². The third-order valence-corrected chi connectivity index (χ3v) is 4.52. The summed E-state index contributed by atoms with van der Waals surface area (Å²) >= 11 is 0. The Balaban J connectivity index is 2.19. The number of pyridine rings is 1. The van der Waals surface area contributed by atoms with E-state index in [4.69, 9.17) is 0 Å². The van der Waals surface area contributed by atoms with Gasteiger partial charge in [-0.2, -0.15) is 0 Å². The molecule has 0 aliphatic heterocycles. The van der Waals surface area contributed by atoms with E-state index in [1.807, 2.05) is 81.4 Å². The molecule has 2 aromatic carbocycles. The molecule has 3 aromatic rings. The maximum atomic E-state index is 12.6. The Morgan fingerprint density at radius 1 is 0.889 bits per heavy atom. The highest BCUT2D eigenvalue weighted by Gasteiger charge is 2.36. The maximum absolute atomic E-state index is 12.6. The first-order valence-corrected chi connectivity index (χ1v) is 8.93. The highest BCUT2D eigenvalue weighted by Crippen LogP contribution is 2.40. The van der Waals surface area contributed by atoms with Crippen molar-refractivity contribution in [2.24, 2.45) is 5.41 Å². The summed E-state index contributed by atoms with van der Waals surface area (Å²) in [6, 6.07) is 20.6. The molecule has 0 aliphatic rings. The van der Waals surface area contributed by atoms with Crippen LogP contribution < -0.4 is 5.32 Å². The molecular weight excluding hydrogens is 336 g/mol. The van der Waals surface area contributed by atoms with Crippen molar-refractivity contribution >= 4 is 11.6 Å². The van der Waals surface area contributed by atoms with Gasteiger partial charge in [0.1, 0.15) is 5.60 Å². The number of aliphatic hydroxyl groups is 1. The summed E-state index contributed by atoms with van der Waals surface area (Å²) in [6.07, 6.45) is 3.20. The molecular formula is C23H24N2O2. The van der Waals surface area contributed by atoms with Crippen molar-refractivity contribution in [2.45, 2.75) is 26.4 Å². The Bertz CT molecular complexity index is 876. The molecule has 0 saturated carbocycles. The predicted molar refractivity (Wildman–Crippen MR) is 107 cm³/mol. The Hall–Kier alpha value is -2.98. The summed E-state index contributed by atoms with van der Waals surface area (Å²) in [5.74, 6) is -0.139. The van der Waals surface area contributed by atoms with Crippen molar-refractivity contribution in [1.29, 1.82) is 0 Å². The molecule has 0 spiro atoms. The highest BCUT2D eigenvalue weighted by atomic mass is 16.3. The van der Waals surface area contributed by atoms with Gasteiger partial charge in [0.15, 0.2) is 0 Å². The topological polar surface area (TPSA) is 62.2 Å². The van der Waals surface area contributed by atoms with E-state index in [9.17, 15) is 9.90 Å². The van der Waals surface area contributed by atoms with E-state index in [1.54, 1.807) is 18.5 Å². The lowest BCUT2D eigenvalue weighted by Gasteiger charge is -2.32. The van der Waals surface area contributed by atoms with Gasteiger partial charge >= 0.3 is 0 Å². The standard InChI is InChI=1S/C23H24N2O2/c1-22(2,3)21(26)25-20-16-24-15-14-19(20)23(27,17-10-6-4-7-11-17)18-12-8-5-9-13-18/h4-16,27H,1-3H3,(H,25,26). The van der Waals surface area contributed by atoms with Gasteiger partial charge in [-0.3, -0.25) is 9.78 Å². The number of nitrogens with one attached hydrogen (secondary N) is 1. The van der Waals surface area contributed by atoms with Gasteiger partial charge in [-0.1, -0.05) is 81.4 Å². The SMILES string of the molecule is CC(C)(C)C(=O)Nc1cnccc1C(O)(c1ccccc1)c1ccccc1. The summed E-state index contributed by atoms with van der Waals surface area (Å²) in [5, 5.41) is 14.9. The largest absolute Gasteiger partial charge is 0.376 e. The molecule has 0 atom stereocenters. The van der Waals surface area contributed by atoms with Gasteiger partial charge < -0.3 is 10.4 Å². The molecule has 4 nitrogen and oxygen atoms in total. The third-order valence-electron chi connectivity index (χ3n) is 4.52. The molecule has 1 aromatic heterocycles. The van der Waals surface area contributed by atoms with E-state index >= 15 is 0 Å². The minimum absolute atomic E-state index is 0.139. The zero-order valence-corrected chi connectivity index (χ0v) is 15.8. The number of hydrogen-bond donors (Lipinski definition) is 2. The van der Waals surface area contributed by atoms with Crippen LogP contribution in [0.3, 0.4) is 0 Å². The highest BCUT2D eigenvalue weighted by molar-refractivity contribution is 5.95. The molecule has 27 heavy (non-hydrogen) atoms. The number of benzene rings is 2. The molecule has 2 N–H and O–H groups in total. The first kappa shape index (κ1) is 18.8. The molecule has 0 fully saturated rings. The zero-order chi connectivity index (χ0) is 19.5. The smallest absolute Gasteiger partial charge is 0.229 e. The van der Waals surface area contributed by atoms with Crippen molar-refractivity contribution in [1.82, 2.24) is 4.98 Å². The number of anilines is 1. The predicted octanol–water partition coefficient (Wildman–Crippen LogP) is 4.35. The van der Waals surface area contributed by atoms with Crippen LogP contribution in [-0.2, 0) is 10.4 Å². The van der Waals surface area contributed by atoms with Crippen LogP contribution in [0.15, 0.2) is 79.1 Å². The second kappa shape index (κ2) is 7.33. The number of nitrogens with zero attached hydrogens (tertiary/aromatic N) is 1. The van der Waals surface area contributed by atoms with Crippen molar-refractivity contribution < 1.29 is 9.90 Å². The van der Waals surface area contributed by atoms with Gasteiger partial charge in [0.2, 0.25) is 5.91 Å². The summed E-state index contributed by atoms with van der Waals surface area (Å²) in [7, 11) is 0. The second-order valence-electron chi connectivity index (χ2n) is 7.57. The fourth-order valence-corrected chi connectivity index (χ4v) is 2.96. The average Bonchev–Trinajstić information content (AvgIpc) is 2.68. The molecule has 0 saturated heterocycles. The Kier molecular flexibility index (Phi) is 5.10. The zero-order valence-electron chi connectivity index (χ0n) is 15.8. The van der Waals surface area contributed by atoms with Gasteiger partial charge in [-0.15, -0.1) is 0 Å². The molecule has 1 amide bonds. The minimum atomic E-state index is -1.42. The molecule has 1 heterocycles. The number of hydrogen-bond acceptors (Lipinski definition) is 3. The average molecular weight is 360 g/mol. The summed E-state index contributed by atoms with van der Waals surface area (Å²) < 4.78 is 0. The van der Waals surface area contributed by atoms with Gasteiger partial charge in [0.05, 0.1) is 11.9 Å². The first-order valence-electron chi connectivity index (χ1n) is 8.93. The maximum Gasteiger partial charge on any atom is 0.229 e. The summed E-state index contributed by atoms with van der Waals surface area (Å²) in [6.45, 7) is 5.54. The van der Waals surface area contributed by atoms with Gasteiger partial charge in [-0.05, 0) is 17.2 Å². The fraction of sp³-hybridized carbons (Fsp3) is 0.217. The van der Waals surface area contributed by atoms with E-state index in [2.05, 4.69) is 10.3 Å².